The molecule has 0 radical (unpaired) electrons. The third-order valence-corrected chi connectivity index (χ3v) is 6.73. The third kappa shape index (κ3) is 5.46. The molecule has 3 amide bonds. The van der Waals surface area contributed by atoms with Gasteiger partial charge < -0.3 is 9.88 Å². The van der Waals surface area contributed by atoms with Gasteiger partial charge in [-0.3, -0.25) is 10.1 Å². The summed E-state index contributed by atoms with van der Waals surface area (Å²) in [6.07, 6.45) is 10.5. The summed E-state index contributed by atoms with van der Waals surface area (Å²) >= 11 is 1.36. The largest absolute Gasteiger partial charge is 0.335 e. The van der Waals surface area contributed by atoms with Crippen molar-refractivity contribution < 1.29 is 9.59 Å². The van der Waals surface area contributed by atoms with E-state index in [1.165, 1.54) is 37.4 Å². The number of aryl methyl sites for hydroxylation is 1. The molecule has 2 atom stereocenters. The van der Waals surface area contributed by atoms with E-state index in [0.29, 0.717) is 12.0 Å². The third-order valence-electron chi connectivity index (χ3n) is 5.79. The van der Waals surface area contributed by atoms with E-state index in [1.807, 2.05) is 6.92 Å². The molecule has 0 aromatic carbocycles. The first-order chi connectivity index (χ1) is 13.0. The van der Waals surface area contributed by atoms with Crippen LogP contribution in [-0.2, 0) is 4.79 Å². The number of rotatable bonds is 5. The molecular formula is C19H31N5O2S. The van der Waals surface area contributed by atoms with Crippen LogP contribution in [0.2, 0.25) is 0 Å². The molecule has 1 aromatic rings. The zero-order valence-electron chi connectivity index (χ0n) is 16.4. The van der Waals surface area contributed by atoms with Crippen LogP contribution < -0.4 is 10.6 Å². The lowest BCUT2D eigenvalue weighted by atomic mass is 9.86. The normalized spacial score (nSPS) is 23.8. The van der Waals surface area contributed by atoms with Crippen LogP contribution in [0.5, 0.6) is 0 Å². The summed E-state index contributed by atoms with van der Waals surface area (Å²) in [5.74, 6) is 1.23. The number of carbonyl (C=O) groups excluding carboxylic acids is 2. The van der Waals surface area contributed by atoms with Gasteiger partial charge in [-0.25, -0.2) is 4.79 Å². The molecule has 0 aliphatic heterocycles. The highest BCUT2D eigenvalue weighted by Gasteiger charge is 2.24. The molecule has 3 rings (SSSR count). The Morgan fingerprint density at radius 2 is 1.78 bits per heavy atom. The Hall–Kier alpha value is -1.57. The van der Waals surface area contributed by atoms with Gasteiger partial charge in [0.1, 0.15) is 5.82 Å². The Balaban J connectivity index is 1.48. The minimum absolute atomic E-state index is 0.163. The lowest BCUT2D eigenvalue weighted by Gasteiger charge is -2.29. The van der Waals surface area contributed by atoms with Gasteiger partial charge in [0, 0.05) is 12.1 Å². The monoisotopic (exact) mass is 393 g/mol. The van der Waals surface area contributed by atoms with E-state index in [0.717, 1.165) is 43.1 Å². The van der Waals surface area contributed by atoms with Crippen molar-refractivity contribution in [3.63, 3.8) is 0 Å². The molecule has 7 nitrogen and oxygen atoms in total. The molecule has 27 heavy (non-hydrogen) atoms. The minimum atomic E-state index is -0.385. The van der Waals surface area contributed by atoms with E-state index in [4.69, 9.17) is 0 Å². The minimum Gasteiger partial charge on any atom is -0.335 e. The Labute approximate surface area is 165 Å². The maximum Gasteiger partial charge on any atom is 0.321 e. The number of aromatic nitrogens is 3. The number of urea groups is 1. The summed E-state index contributed by atoms with van der Waals surface area (Å²) in [5.41, 5.74) is 0. The number of hydrogen-bond acceptors (Lipinski definition) is 5. The molecule has 1 aromatic heterocycles. The van der Waals surface area contributed by atoms with Crippen LogP contribution in [0.1, 0.15) is 76.6 Å². The molecule has 2 saturated carbocycles. The second kappa shape index (κ2) is 9.57. The van der Waals surface area contributed by atoms with Crippen molar-refractivity contribution in [2.75, 3.05) is 5.75 Å². The molecule has 0 spiro atoms. The van der Waals surface area contributed by atoms with Crippen molar-refractivity contribution in [1.82, 2.24) is 25.4 Å². The van der Waals surface area contributed by atoms with E-state index >= 15 is 0 Å². The Morgan fingerprint density at radius 3 is 2.52 bits per heavy atom. The SMILES string of the molecule is Cc1nnc(SCC(=O)NC(=O)NC2CCCCC2C)n1C1CCCCC1. The zero-order valence-corrected chi connectivity index (χ0v) is 17.2. The van der Waals surface area contributed by atoms with E-state index in [1.54, 1.807) is 0 Å². The Bertz CT molecular complexity index is 657. The second-order valence-electron chi connectivity index (χ2n) is 7.87. The first-order valence-electron chi connectivity index (χ1n) is 10.2. The lowest BCUT2D eigenvalue weighted by molar-refractivity contribution is -0.117. The van der Waals surface area contributed by atoms with Crippen molar-refractivity contribution in [2.24, 2.45) is 5.92 Å². The number of carbonyl (C=O) groups is 2. The molecular weight excluding hydrogens is 362 g/mol. The van der Waals surface area contributed by atoms with Crippen LogP contribution >= 0.6 is 11.8 Å². The van der Waals surface area contributed by atoms with Gasteiger partial charge in [-0.1, -0.05) is 50.8 Å². The molecule has 0 bridgehead atoms. The van der Waals surface area contributed by atoms with Crippen molar-refractivity contribution in [1.29, 1.82) is 0 Å². The van der Waals surface area contributed by atoms with Crippen LogP contribution in [-0.4, -0.2) is 38.5 Å². The molecule has 150 valence electrons. The van der Waals surface area contributed by atoms with Crippen molar-refractivity contribution in [3.05, 3.63) is 5.82 Å². The molecule has 0 saturated heterocycles. The van der Waals surface area contributed by atoms with Crippen molar-refractivity contribution in [3.8, 4) is 0 Å². The van der Waals surface area contributed by atoms with Crippen LogP contribution in [0.4, 0.5) is 4.79 Å². The first kappa shape index (κ1) is 20.2. The first-order valence-corrected chi connectivity index (χ1v) is 11.2. The van der Waals surface area contributed by atoms with Gasteiger partial charge in [-0.2, -0.15) is 0 Å². The number of imide groups is 1. The fraction of sp³-hybridized carbons (Fsp3) is 0.789. The molecule has 8 heteroatoms. The van der Waals surface area contributed by atoms with E-state index in [-0.39, 0.29) is 23.7 Å². The highest BCUT2D eigenvalue weighted by Crippen LogP contribution is 2.32. The predicted molar refractivity (Wildman–Crippen MR) is 106 cm³/mol. The Kier molecular flexibility index (Phi) is 7.15. The summed E-state index contributed by atoms with van der Waals surface area (Å²) in [4.78, 5) is 24.3. The van der Waals surface area contributed by atoms with Gasteiger partial charge in [-0.05, 0) is 38.5 Å². The van der Waals surface area contributed by atoms with Crippen LogP contribution in [0.15, 0.2) is 5.16 Å². The fourth-order valence-corrected chi connectivity index (χ4v) is 5.09. The van der Waals surface area contributed by atoms with E-state index in [2.05, 4.69) is 32.3 Å². The Morgan fingerprint density at radius 1 is 1.07 bits per heavy atom. The summed E-state index contributed by atoms with van der Waals surface area (Å²) in [6.45, 7) is 4.12. The van der Waals surface area contributed by atoms with Gasteiger partial charge in [0.25, 0.3) is 0 Å². The number of thioether (sulfide) groups is 1. The van der Waals surface area contributed by atoms with Gasteiger partial charge in [0.05, 0.1) is 5.75 Å². The maximum absolute atomic E-state index is 12.2. The second-order valence-corrected chi connectivity index (χ2v) is 8.81. The number of hydrogen-bond donors (Lipinski definition) is 2. The topological polar surface area (TPSA) is 88.9 Å². The summed E-state index contributed by atoms with van der Waals surface area (Å²) in [7, 11) is 0. The van der Waals surface area contributed by atoms with Gasteiger partial charge in [0.15, 0.2) is 5.16 Å². The molecule has 1 heterocycles. The predicted octanol–water partition coefficient (Wildman–Crippen LogP) is 3.59. The smallest absolute Gasteiger partial charge is 0.321 e. The van der Waals surface area contributed by atoms with Crippen molar-refractivity contribution in [2.45, 2.75) is 88.9 Å². The molecule has 2 aliphatic carbocycles. The van der Waals surface area contributed by atoms with Gasteiger partial charge >= 0.3 is 6.03 Å². The maximum atomic E-state index is 12.2. The summed E-state index contributed by atoms with van der Waals surface area (Å²) in [5, 5.41) is 14.6. The number of nitrogens with zero attached hydrogens (tertiary/aromatic N) is 3. The number of amides is 3. The molecule has 2 fully saturated rings. The van der Waals surface area contributed by atoms with Crippen LogP contribution in [0.25, 0.3) is 0 Å². The average Bonchev–Trinajstić information content (AvgIpc) is 3.03. The van der Waals surface area contributed by atoms with E-state index in [9.17, 15) is 9.59 Å². The van der Waals surface area contributed by atoms with Gasteiger partial charge in [-0.15, -0.1) is 10.2 Å². The zero-order chi connectivity index (χ0) is 19.2. The highest BCUT2D eigenvalue weighted by molar-refractivity contribution is 7.99. The quantitative estimate of drug-likeness (QED) is 0.746. The summed E-state index contributed by atoms with van der Waals surface area (Å²) < 4.78 is 2.17. The average molecular weight is 394 g/mol. The van der Waals surface area contributed by atoms with E-state index < -0.39 is 0 Å². The molecule has 2 unspecified atom stereocenters. The van der Waals surface area contributed by atoms with Gasteiger partial charge in [0.2, 0.25) is 5.91 Å². The molecule has 2 aliphatic rings. The molecule has 2 N–H and O–H groups in total. The number of nitrogens with one attached hydrogen (secondary N) is 2. The fourth-order valence-electron chi connectivity index (χ4n) is 4.24. The van der Waals surface area contributed by atoms with Crippen molar-refractivity contribution >= 4 is 23.7 Å². The van der Waals surface area contributed by atoms with Crippen LogP contribution in [0.3, 0.4) is 0 Å². The highest BCUT2D eigenvalue weighted by atomic mass is 32.2. The summed E-state index contributed by atoms with van der Waals surface area (Å²) in [6, 6.07) is 0.205. The lowest BCUT2D eigenvalue weighted by Crippen LogP contribution is -2.48. The standard InChI is InChI=1S/C19H31N5O2S/c1-13-8-6-7-11-16(13)20-18(26)21-17(25)12-27-19-23-22-14(2)24(19)15-9-4-3-5-10-15/h13,15-16H,3-12H2,1-2H3,(H2,20,21,25,26). The van der Waals surface area contributed by atoms with Crippen LogP contribution in [0, 0.1) is 12.8 Å².